The first kappa shape index (κ1) is 21.7. The molecule has 0 radical (unpaired) electrons. The van der Waals surface area contributed by atoms with Crippen LogP contribution >= 0.6 is 12.4 Å². The van der Waals surface area contributed by atoms with Crippen molar-refractivity contribution in [3.8, 4) is 5.75 Å². The minimum atomic E-state index is -3.43. The molecule has 0 bridgehead atoms. The van der Waals surface area contributed by atoms with Crippen LogP contribution in [-0.2, 0) is 21.9 Å². The number of ether oxygens (including phenoxy) is 1. The maximum Gasteiger partial charge on any atom is 0.246 e. The number of hydrogen-bond acceptors (Lipinski definition) is 6. The summed E-state index contributed by atoms with van der Waals surface area (Å²) in [6.07, 6.45) is 4.41. The van der Waals surface area contributed by atoms with Crippen LogP contribution in [0.15, 0.2) is 30.6 Å². The molecule has 2 rings (SSSR count). The highest BCUT2D eigenvalue weighted by atomic mass is 35.5. The Morgan fingerprint density at radius 3 is 2.54 bits per heavy atom. The number of likely N-dealkylation sites (N-methyl/N-ethyl adjacent to an activating group) is 1. The van der Waals surface area contributed by atoms with E-state index in [1.807, 2.05) is 0 Å². The van der Waals surface area contributed by atoms with Crippen LogP contribution < -0.4 is 20.1 Å². The lowest BCUT2D eigenvalue weighted by Gasteiger charge is -2.16. The van der Waals surface area contributed by atoms with Crippen molar-refractivity contribution < 1.29 is 17.9 Å². The maximum absolute atomic E-state index is 12.5. The molecular weight excluding hydrogens is 382 g/mol. The summed E-state index contributed by atoms with van der Waals surface area (Å²) in [5, 5.41) is 9.76. The fraction of sp³-hybridized carbons (Fsp3) is 0.333. The van der Waals surface area contributed by atoms with E-state index in [0.717, 1.165) is 11.8 Å². The van der Waals surface area contributed by atoms with Gasteiger partial charge >= 0.3 is 0 Å². The van der Waals surface area contributed by atoms with E-state index >= 15 is 0 Å². The molecule has 0 aliphatic heterocycles. The van der Waals surface area contributed by atoms with Crippen LogP contribution in [0.2, 0.25) is 0 Å². The molecule has 1 aromatic heterocycles. The van der Waals surface area contributed by atoms with Gasteiger partial charge in [-0.3, -0.25) is 14.2 Å². The summed E-state index contributed by atoms with van der Waals surface area (Å²) in [5.74, 6) is 0.0204. The number of benzene rings is 1. The van der Waals surface area contributed by atoms with E-state index in [0.29, 0.717) is 17.1 Å². The monoisotopic (exact) mass is 403 g/mol. The van der Waals surface area contributed by atoms with E-state index in [2.05, 4.69) is 20.5 Å². The van der Waals surface area contributed by atoms with Gasteiger partial charge in [-0.05, 0) is 19.2 Å². The molecule has 0 spiro atoms. The van der Waals surface area contributed by atoms with Crippen molar-refractivity contribution in [3.63, 3.8) is 0 Å². The molecule has 0 aliphatic rings. The number of nitrogens with one attached hydrogen (secondary N) is 3. The van der Waals surface area contributed by atoms with Crippen molar-refractivity contribution in [3.05, 3.63) is 36.2 Å². The minimum absolute atomic E-state index is 0. The van der Waals surface area contributed by atoms with Crippen molar-refractivity contribution in [2.24, 2.45) is 7.05 Å². The fourth-order valence-corrected chi connectivity index (χ4v) is 2.87. The lowest BCUT2D eigenvalue weighted by molar-refractivity contribution is -0.118. The number of rotatable bonds is 7. The average Bonchev–Trinajstić information content (AvgIpc) is 2.94. The van der Waals surface area contributed by atoms with E-state index in [1.165, 1.54) is 13.2 Å². The highest BCUT2D eigenvalue weighted by molar-refractivity contribution is 7.92. The summed E-state index contributed by atoms with van der Waals surface area (Å²) in [6.45, 7) is 0. The van der Waals surface area contributed by atoms with Gasteiger partial charge in [0, 0.05) is 30.6 Å². The van der Waals surface area contributed by atoms with E-state index in [-0.39, 0.29) is 18.3 Å². The molecule has 1 heterocycles. The van der Waals surface area contributed by atoms with Crippen LogP contribution in [0.5, 0.6) is 5.75 Å². The molecular formula is C15H22ClN5O4S. The van der Waals surface area contributed by atoms with E-state index in [4.69, 9.17) is 4.74 Å². The molecule has 2 aromatic rings. The highest BCUT2D eigenvalue weighted by Crippen LogP contribution is 2.29. The maximum atomic E-state index is 12.5. The topological polar surface area (TPSA) is 114 Å². The molecule has 1 atom stereocenters. The summed E-state index contributed by atoms with van der Waals surface area (Å²) >= 11 is 0. The Morgan fingerprint density at radius 1 is 1.35 bits per heavy atom. The molecule has 0 fully saturated rings. The second-order valence-corrected chi connectivity index (χ2v) is 7.20. The molecule has 1 aromatic carbocycles. The molecule has 26 heavy (non-hydrogen) atoms. The Morgan fingerprint density at radius 2 is 2.04 bits per heavy atom. The summed E-state index contributed by atoms with van der Waals surface area (Å²) in [4.78, 5) is 12.5. The van der Waals surface area contributed by atoms with Crippen molar-refractivity contribution in [2.75, 3.05) is 30.5 Å². The van der Waals surface area contributed by atoms with Gasteiger partial charge in [-0.1, -0.05) is 0 Å². The van der Waals surface area contributed by atoms with Gasteiger partial charge in [0.15, 0.2) is 0 Å². The number of hydrogen-bond donors (Lipinski definition) is 3. The number of anilines is 2. The van der Waals surface area contributed by atoms with Crippen LogP contribution in [0.1, 0.15) is 11.6 Å². The van der Waals surface area contributed by atoms with Gasteiger partial charge in [0.2, 0.25) is 15.9 Å². The number of sulfonamides is 1. The van der Waals surface area contributed by atoms with Crippen molar-refractivity contribution in [1.82, 2.24) is 15.1 Å². The van der Waals surface area contributed by atoms with Gasteiger partial charge in [0.1, 0.15) is 11.8 Å². The molecule has 9 nitrogen and oxygen atoms in total. The van der Waals surface area contributed by atoms with Gasteiger partial charge in [-0.15, -0.1) is 12.4 Å². The van der Waals surface area contributed by atoms with E-state index in [1.54, 1.807) is 43.3 Å². The lowest BCUT2D eigenvalue weighted by atomic mass is 10.1. The summed E-state index contributed by atoms with van der Waals surface area (Å²) < 4.78 is 31.9. The number of nitrogens with zero attached hydrogens (tertiary/aromatic N) is 2. The molecule has 3 N–H and O–H groups in total. The van der Waals surface area contributed by atoms with E-state index in [9.17, 15) is 13.2 Å². The summed E-state index contributed by atoms with van der Waals surface area (Å²) in [5.41, 5.74) is 1.50. The summed E-state index contributed by atoms with van der Waals surface area (Å²) in [6, 6.07) is 4.08. The van der Waals surface area contributed by atoms with Crippen LogP contribution in [0, 0.1) is 0 Å². The third-order valence-electron chi connectivity index (χ3n) is 3.37. The normalized spacial score (nSPS) is 12.0. The predicted octanol–water partition coefficient (Wildman–Crippen LogP) is 1.12. The Kier molecular flexibility index (Phi) is 7.42. The third-order valence-corrected chi connectivity index (χ3v) is 3.96. The molecule has 1 unspecified atom stereocenters. The Bertz CT molecular complexity index is 869. The van der Waals surface area contributed by atoms with Crippen LogP contribution in [-0.4, -0.2) is 44.5 Å². The van der Waals surface area contributed by atoms with Crippen molar-refractivity contribution >= 4 is 39.7 Å². The second-order valence-electron chi connectivity index (χ2n) is 5.45. The first-order valence-electron chi connectivity index (χ1n) is 7.36. The lowest BCUT2D eigenvalue weighted by Crippen LogP contribution is -2.30. The minimum Gasteiger partial charge on any atom is -0.494 e. The third kappa shape index (κ3) is 5.61. The highest BCUT2D eigenvalue weighted by Gasteiger charge is 2.20. The average molecular weight is 404 g/mol. The number of methoxy groups -OCH3 is 1. The molecule has 1 amide bonds. The largest absolute Gasteiger partial charge is 0.494 e. The predicted molar refractivity (Wildman–Crippen MR) is 102 cm³/mol. The Labute approximate surface area is 158 Å². The molecule has 11 heteroatoms. The fourth-order valence-electron chi connectivity index (χ4n) is 2.31. The SMILES string of the molecule is CNC(C(=O)Nc1ccc(NS(C)(=O)=O)c(OC)c1)c1cnn(C)c1.Cl. The smallest absolute Gasteiger partial charge is 0.246 e. The molecule has 0 saturated heterocycles. The summed E-state index contributed by atoms with van der Waals surface area (Å²) in [7, 11) is 1.43. The van der Waals surface area contributed by atoms with Crippen molar-refractivity contribution in [1.29, 1.82) is 0 Å². The standard InChI is InChI=1S/C15H21N5O4S.ClH/c1-16-14(10-8-17-20(2)9-10)15(21)18-11-5-6-12(13(7-11)24-3)19-25(4,22)23;/h5-9,14,16,19H,1-4H3,(H,18,21);1H. The Balaban J connectivity index is 0.00000338. The number of carbonyl (C=O) groups excluding carboxylic acids is 1. The number of aryl methyl sites for hydroxylation is 1. The zero-order valence-electron chi connectivity index (χ0n) is 14.8. The molecule has 0 aliphatic carbocycles. The van der Waals surface area contributed by atoms with Crippen LogP contribution in [0.4, 0.5) is 11.4 Å². The number of aromatic nitrogens is 2. The van der Waals surface area contributed by atoms with E-state index < -0.39 is 16.1 Å². The van der Waals surface area contributed by atoms with Crippen molar-refractivity contribution in [2.45, 2.75) is 6.04 Å². The first-order valence-corrected chi connectivity index (χ1v) is 9.25. The van der Waals surface area contributed by atoms with Crippen LogP contribution in [0.3, 0.4) is 0 Å². The second kappa shape index (κ2) is 8.88. The van der Waals surface area contributed by atoms with Crippen LogP contribution in [0.25, 0.3) is 0 Å². The first-order chi connectivity index (χ1) is 11.7. The van der Waals surface area contributed by atoms with Gasteiger partial charge < -0.3 is 15.4 Å². The van der Waals surface area contributed by atoms with Gasteiger partial charge in [-0.2, -0.15) is 5.10 Å². The van der Waals surface area contributed by atoms with Gasteiger partial charge in [0.05, 0.1) is 25.2 Å². The number of halogens is 1. The zero-order chi connectivity index (χ0) is 18.6. The molecule has 0 saturated carbocycles. The number of carbonyl (C=O) groups is 1. The van der Waals surface area contributed by atoms with Gasteiger partial charge in [0.25, 0.3) is 0 Å². The Hall–Kier alpha value is -2.30. The molecule has 144 valence electrons. The van der Waals surface area contributed by atoms with Gasteiger partial charge in [-0.25, -0.2) is 8.42 Å². The quantitative estimate of drug-likeness (QED) is 0.638. The zero-order valence-corrected chi connectivity index (χ0v) is 16.4. The number of amides is 1.